The first-order valence-corrected chi connectivity index (χ1v) is 4.48. The number of hydrogen-bond donors (Lipinski definition) is 1. The minimum Gasteiger partial charge on any atom is -0.466 e. The number of nitrogens with one attached hydrogen (secondary N) is 1. The predicted octanol–water partition coefficient (Wildman–Crippen LogP) is 2.30. The average molecular weight is 167 g/mol. The molecule has 1 atom stereocenters. The molecule has 1 heterocycles. The molecule has 0 fully saturated rings. The van der Waals surface area contributed by atoms with Gasteiger partial charge in [-0.25, -0.2) is 0 Å². The lowest BCUT2D eigenvalue weighted by atomic mass is 10.0. The average Bonchev–Trinajstić information content (AvgIpc) is 2.47. The van der Waals surface area contributed by atoms with Crippen LogP contribution in [0, 0.1) is 6.92 Å². The van der Waals surface area contributed by atoms with Crippen LogP contribution >= 0.6 is 0 Å². The van der Waals surface area contributed by atoms with Crippen molar-refractivity contribution in [3.8, 4) is 0 Å². The molecule has 1 aromatic rings. The largest absolute Gasteiger partial charge is 0.466 e. The topological polar surface area (TPSA) is 25.2 Å². The van der Waals surface area contributed by atoms with E-state index in [1.165, 1.54) is 0 Å². The van der Waals surface area contributed by atoms with E-state index in [2.05, 4.69) is 18.3 Å². The molecule has 0 saturated heterocycles. The summed E-state index contributed by atoms with van der Waals surface area (Å²) in [5.41, 5.74) is 0. The van der Waals surface area contributed by atoms with E-state index in [1.54, 1.807) is 0 Å². The van der Waals surface area contributed by atoms with Crippen LogP contribution in [-0.2, 0) is 0 Å². The van der Waals surface area contributed by atoms with E-state index in [0.717, 1.165) is 24.5 Å². The van der Waals surface area contributed by atoms with E-state index < -0.39 is 0 Å². The standard InChI is InChI=1S/C10H17NO/c1-4-9(7-11-3)10-6-5-8(2)12-10/h5-6,9,11H,4,7H2,1-3H3. The minimum atomic E-state index is 0.517. The Morgan fingerprint density at radius 1 is 1.50 bits per heavy atom. The van der Waals surface area contributed by atoms with Crippen LogP contribution < -0.4 is 5.32 Å². The van der Waals surface area contributed by atoms with Crippen molar-refractivity contribution in [2.45, 2.75) is 26.2 Å². The molecule has 1 unspecified atom stereocenters. The molecule has 0 aliphatic carbocycles. The maximum absolute atomic E-state index is 5.55. The van der Waals surface area contributed by atoms with Crippen LogP contribution in [-0.4, -0.2) is 13.6 Å². The fourth-order valence-electron chi connectivity index (χ4n) is 1.37. The molecule has 1 N–H and O–H groups in total. The van der Waals surface area contributed by atoms with Crippen LogP contribution in [0.15, 0.2) is 16.5 Å². The SMILES string of the molecule is CCC(CNC)c1ccc(C)o1. The van der Waals surface area contributed by atoms with Gasteiger partial charge < -0.3 is 9.73 Å². The maximum atomic E-state index is 5.55. The fraction of sp³-hybridized carbons (Fsp3) is 0.600. The van der Waals surface area contributed by atoms with Gasteiger partial charge in [0.1, 0.15) is 11.5 Å². The molecule has 0 saturated carbocycles. The van der Waals surface area contributed by atoms with Gasteiger partial charge in [-0.3, -0.25) is 0 Å². The molecule has 2 nitrogen and oxygen atoms in total. The van der Waals surface area contributed by atoms with Crippen LogP contribution in [0.1, 0.15) is 30.8 Å². The van der Waals surface area contributed by atoms with E-state index in [1.807, 2.05) is 20.0 Å². The molecular weight excluding hydrogens is 150 g/mol. The first-order chi connectivity index (χ1) is 5.77. The first-order valence-electron chi connectivity index (χ1n) is 4.48. The molecule has 0 spiro atoms. The van der Waals surface area contributed by atoms with Crippen LogP contribution in [0.3, 0.4) is 0 Å². The van der Waals surface area contributed by atoms with Gasteiger partial charge in [-0.2, -0.15) is 0 Å². The third-order valence-corrected chi connectivity index (χ3v) is 2.11. The Hall–Kier alpha value is -0.760. The zero-order valence-electron chi connectivity index (χ0n) is 8.05. The number of furan rings is 1. The highest BCUT2D eigenvalue weighted by Crippen LogP contribution is 2.20. The van der Waals surface area contributed by atoms with Gasteiger partial charge in [0.2, 0.25) is 0 Å². The highest BCUT2D eigenvalue weighted by Gasteiger charge is 2.11. The summed E-state index contributed by atoms with van der Waals surface area (Å²) in [6.45, 7) is 5.15. The van der Waals surface area contributed by atoms with Gasteiger partial charge in [-0.1, -0.05) is 6.92 Å². The maximum Gasteiger partial charge on any atom is 0.108 e. The van der Waals surface area contributed by atoms with Crippen molar-refractivity contribution >= 4 is 0 Å². The predicted molar refractivity (Wildman–Crippen MR) is 50.4 cm³/mol. The van der Waals surface area contributed by atoms with Gasteiger partial charge in [0.15, 0.2) is 0 Å². The van der Waals surface area contributed by atoms with Gasteiger partial charge in [0.25, 0.3) is 0 Å². The summed E-state index contributed by atoms with van der Waals surface area (Å²) in [5, 5.41) is 3.17. The van der Waals surface area contributed by atoms with Crippen LogP contribution in [0.4, 0.5) is 0 Å². The van der Waals surface area contributed by atoms with Gasteiger partial charge in [-0.05, 0) is 32.5 Å². The van der Waals surface area contributed by atoms with Crippen LogP contribution in [0.2, 0.25) is 0 Å². The molecule has 0 radical (unpaired) electrons. The van der Waals surface area contributed by atoms with Crippen molar-refractivity contribution in [3.05, 3.63) is 23.7 Å². The van der Waals surface area contributed by atoms with E-state index in [0.29, 0.717) is 5.92 Å². The normalized spacial score (nSPS) is 13.2. The van der Waals surface area contributed by atoms with E-state index in [9.17, 15) is 0 Å². The zero-order chi connectivity index (χ0) is 8.97. The second-order valence-electron chi connectivity index (χ2n) is 3.11. The summed E-state index contributed by atoms with van der Waals surface area (Å²) >= 11 is 0. The van der Waals surface area contributed by atoms with E-state index in [-0.39, 0.29) is 0 Å². The Bertz CT molecular complexity index is 229. The first kappa shape index (κ1) is 9.33. The highest BCUT2D eigenvalue weighted by atomic mass is 16.3. The number of aryl methyl sites for hydroxylation is 1. The molecule has 0 aliphatic heterocycles. The Labute approximate surface area is 74.0 Å². The Morgan fingerprint density at radius 3 is 2.67 bits per heavy atom. The van der Waals surface area contributed by atoms with Gasteiger partial charge >= 0.3 is 0 Å². The number of hydrogen-bond acceptors (Lipinski definition) is 2. The molecule has 0 bridgehead atoms. The van der Waals surface area contributed by atoms with E-state index >= 15 is 0 Å². The highest BCUT2D eigenvalue weighted by molar-refractivity contribution is 5.10. The number of rotatable bonds is 4. The summed E-state index contributed by atoms with van der Waals surface area (Å²) in [7, 11) is 1.97. The van der Waals surface area contributed by atoms with Crippen molar-refractivity contribution in [1.29, 1.82) is 0 Å². The summed E-state index contributed by atoms with van der Waals surface area (Å²) in [6, 6.07) is 4.09. The summed E-state index contributed by atoms with van der Waals surface area (Å²) in [5.74, 6) is 2.62. The van der Waals surface area contributed by atoms with E-state index in [4.69, 9.17) is 4.42 Å². The molecule has 0 aliphatic rings. The lowest BCUT2D eigenvalue weighted by Crippen LogP contribution is -2.16. The molecule has 0 aromatic carbocycles. The Morgan fingerprint density at radius 2 is 2.25 bits per heavy atom. The molecular formula is C10H17NO. The molecule has 0 amide bonds. The molecule has 1 aromatic heterocycles. The molecule has 68 valence electrons. The second kappa shape index (κ2) is 4.31. The third-order valence-electron chi connectivity index (χ3n) is 2.11. The lowest BCUT2D eigenvalue weighted by molar-refractivity contribution is 0.428. The van der Waals surface area contributed by atoms with Crippen LogP contribution in [0.25, 0.3) is 0 Å². The van der Waals surface area contributed by atoms with Crippen molar-refractivity contribution in [1.82, 2.24) is 5.32 Å². The molecule has 1 rings (SSSR count). The van der Waals surface area contributed by atoms with Crippen molar-refractivity contribution < 1.29 is 4.42 Å². The minimum absolute atomic E-state index is 0.517. The van der Waals surface area contributed by atoms with Crippen molar-refractivity contribution in [2.24, 2.45) is 0 Å². The van der Waals surface area contributed by atoms with Crippen LogP contribution in [0.5, 0.6) is 0 Å². The van der Waals surface area contributed by atoms with Gasteiger partial charge in [0.05, 0.1) is 0 Å². The summed E-state index contributed by atoms with van der Waals surface area (Å²) < 4.78 is 5.55. The monoisotopic (exact) mass is 167 g/mol. The summed E-state index contributed by atoms with van der Waals surface area (Å²) in [6.07, 6.45) is 1.12. The quantitative estimate of drug-likeness (QED) is 0.744. The second-order valence-corrected chi connectivity index (χ2v) is 3.11. The number of likely N-dealkylation sites (N-methyl/N-ethyl adjacent to an activating group) is 1. The third kappa shape index (κ3) is 2.11. The molecule has 2 heteroatoms. The summed E-state index contributed by atoms with van der Waals surface area (Å²) in [4.78, 5) is 0. The van der Waals surface area contributed by atoms with Crippen molar-refractivity contribution in [2.75, 3.05) is 13.6 Å². The van der Waals surface area contributed by atoms with Crippen molar-refractivity contribution in [3.63, 3.8) is 0 Å². The fourth-order valence-corrected chi connectivity index (χ4v) is 1.37. The lowest BCUT2D eigenvalue weighted by Gasteiger charge is -2.10. The molecule has 12 heavy (non-hydrogen) atoms. The Kier molecular flexibility index (Phi) is 3.35. The van der Waals surface area contributed by atoms with Gasteiger partial charge in [-0.15, -0.1) is 0 Å². The zero-order valence-corrected chi connectivity index (χ0v) is 8.05. The Balaban J connectivity index is 2.66. The smallest absolute Gasteiger partial charge is 0.108 e. The van der Waals surface area contributed by atoms with Gasteiger partial charge in [0, 0.05) is 12.5 Å².